The van der Waals surface area contributed by atoms with E-state index in [1.807, 2.05) is 0 Å². The number of rotatable bonds is 3. The summed E-state index contributed by atoms with van der Waals surface area (Å²) >= 11 is 0. The second-order valence-electron chi connectivity index (χ2n) is 4.94. The number of aromatic hydroxyl groups is 2. The first-order valence-corrected chi connectivity index (χ1v) is 7.23. The highest BCUT2D eigenvalue weighted by Crippen LogP contribution is 2.37. The van der Waals surface area contributed by atoms with E-state index in [2.05, 4.69) is 15.3 Å². The molecule has 9 nitrogen and oxygen atoms in total. The zero-order chi connectivity index (χ0) is 18.0. The second kappa shape index (κ2) is 6.48. The molecule has 0 saturated heterocycles. The van der Waals surface area contributed by atoms with Crippen molar-refractivity contribution in [1.82, 2.24) is 9.97 Å². The van der Waals surface area contributed by atoms with Crippen LogP contribution in [0.15, 0.2) is 39.9 Å². The molecule has 9 heteroatoms. The van der Waals surface area contributed by atoms with Gasteiger partial charge in [-0.3, -0.25) is 10.1 Å². The largest absolute Gasteiger partial charge is 0.504 e. The summed E-state index contributed by atoms with van der Waals surface area (Å²) in [5, 5.41) is 21.9. The number of benzene rings is 1. The first-order chi connectivity index (χ1) is 12.0. The molecule has 3 N–H and O–H groups in total. The Kier molecular flexibility index (Phi) is 4.21. The first kappa shape index (κ1) is 16.2. The van der Waals surface area contributed by atoms with Crippen molar-refractivity contribution in [3.05, 3.63) is 40.9 Å². The van der Waals surface area contributed by atoms with Crippen LogP contribution in [0.4, 0.5) is 10.5 Å². The first-order valence-electron chi connectivity index (χ1n) is 7.23. The van der Waals surface area contributed by atoms with Gasteiger partial charge in [0, 0.05) is 17.7 Å². The Labute approximate surface area is 140 Å². The van der Waals surface area contributed by atoms with Crippen LogP contribution in [0.1, 0.15) is 6.92 Å². The Balaban J connectivity index is 2.17. The monoisotopic (exact) mass is 343 g/mol. The summed E-state index contributed by atoms with van der Waals surface area (Å²) in [5.41, 5.74) is 0.0777. The molecule has 0 atom stereocenters. The zero-order valence-electron chi connectivity index (χ0n) is 13.0. The molecule has 2 aromatic heterocycles. The minimum absolute atomic E-state index is 0.0504. The van der Waals surface area contributed by atoms with Gasteiger partial charge < -0.3 is 19.4 Å². The Morgan fingerprint density at radius 1 is 1.28 bits per heavy atom. The van der Waals surface area contributed by atoms with Gasteiger partial charge in [0.25, 0.3) is 0 Å². The van der Waals surface area contributed by atoms with E-state index < -0.39 is 23.0 Å². The van der Waals surface area contributed by atoms with Gasteiger partial charge in [0.1, 0.15) is 12.1 Å². The lowest BCUT2D eigenvalue weighted by atomic mass is 10.1. The van der Waals surface area contributed by atoms with E-state index in [-0.39, 0.29) is 34.7 Å². The predicted octanol–water partition coefficient (Wildman–Crippen LogP) is 2.23. The van der Waals surface area contributed by atoms with Gasteiger partial charge in [0.05, 0.1) is 18.5 Å². The van der Waals surface area contributed by atoms with Gasteiger partial charge in [-0.25, -0.2) is 14.8 Å². The number of fused-ring (bicyclic) bond motifs is 1. The van der Waals surface area contributed by atoms with E-state index in [1.54, 1.807) is 6.92 Å². The van der Waals surface area contributed by atoms with E-state index in [0.29, 0.717) is 0 Å². The number of amides is 1. The van der Waals surface area contributed by atoms with Crippen LogP contribution in [-0.2, 0) is 4.74 Å². The lowest BCUT2D eigenvalue weighted by Gasteiger charge is -2.12. The molecule has 0 unspecified atom stereocenters. The van der Waals surface area contributed by atoms with E-state index in [9.17, 15) is 19.8 Å². The smallest absolute Gasteiger partial charge is 0.411 e. The van der Waals surface area contributed by atoms with Crippen LogP contribution in [0.25, 0.3) is 22.4 Å². The Bertz CT molecular complexity index is 1010. The van der Waals surface area contributed by atoms with Crippen LogP contribution in [0, 0.1) is 0 Å². The van der Waals surface area contributed by atoms with Crippen molar-refractivity contribution in [3.8, 4) is 22.8 Å². The van der Waals surface area contributed by atoms with Gasteiger partial charge in [-0.15, -0.1) is 0 Å². The molecule has 1 aromatic carbocycles. The van der Waals surface area contributed by atoms with Crippen LogP contribution in [-0.4, -0.2) is 32.9 Å². The van der Waals surface area contributed by atoms with Crippen molar-refractivity contribution in [3.63, 3.8) is 0 Å². The van der Waals surface area contributed by atoms with Crippen LogP contribution >= 0.6 is 0 Å². The normalized spacial score (nSPS) is 10.6. The summed E-state index contributed by atoms with van der Waals surface area (Å²) in [5.74, 6) is -0.854. The third kappa shape index (κ3) is 3.20. The molecule has 2 heterocycles. The number of nitrogens with zero attached hydrogens (tertiary/aromatic N) is 2. The fraction of sp³-hybridized carbons (Fsp3) is 0.125. The van der Waals surface area contributed by atoms with Gasteiger partial charge in [-0.1, -0.05) is 0 Å². The van der Waals surface area contributed by atoms with Crippen LogP contribution in [0.2, 0.25) is 0 Å². The standard InChI is InChI=1S/C16H13N3O6/c1-2-24-16(23)19-9-4-11(21)10(20)3-8(9)13-5-12(22)15-14(25-13)6-17-7-18-15/h3-7,20-21H,2H2,1H3,(H,19,23). The SMILES string of the molecule is CCOC(=O)Nc1cc(O)c(O)cc1-c1cc(=O)c2ncncc2o1. The molecule has 0 radical (unpaired) electrons. The summed E-state index contributed by atoms with van der Waals surface area (Å²) in [6, 6.07) is 3.44. The number of anilines is 1. The van der Waals surface area contributed by atoms with Gasteiger partial charge in [0.2, 0.25) is 5.43 Å². The molecule has 0 bridgehead atoms. The van der Waals surface area contributed by atoms with E-state index in [4.69, 9.17) is 9.15 Å². The molecule has 25 heavy (non-hydrogen) atoms. The number of ether oxygens (including phenoxy) is 1. The zero-order valence-corrected chi connectivity index (χ0v) is 13.0. The van der Waals surface area contributed by atoms with Crippen molar-refractivity contribution in [1.29, 1.82) is 0 Å². The molecule has 0 aliphatic heterocycles. The molecule has 0 aliphatic rings. The van der Waals surface area contributed by atoms with Crippen LogP contribution in [0.5, 0.6) is 11.5 Å². The number of hydrogen-bond donors (Lipinski definition) is 3. The summed E-state index contributed by atoms with van der Waals surface area (Å²) in [6.45, 7) is 1.78. The highest BCUT2D eigenvalue weighted by Gasteiger charge is 2.17. The quantitative estimate of drug-likeness (QED) is 0.487. The third-order valence-electron chi connectivity index (χ3n) is 3.29. The molecule has 128 valence electrons. The molecular formula is C16H13N3O6. The maximum absolute atomic E-state index is 12.2. The third-order valence-corrected chi connectivity index (χ3v) is 3.29. The number of nitrogens with one attached hydrogen (secondary N) is 1. The molecule has 0 fully saturated rings. The van der Waals surface area contributed by atoms with E-state index in [0.717, 1.165) is 18.2 Å². The van der Waals surface area contributed by atoms with Gasteiger partial charge in [-0.05, 0) is 13.0 Å². The topological polar surface area (TPSA) is 135 Å². The summed E-state index contributed by atoms with van der Waals surface area (Å²) in [7, 11) is 0. The van der Waals surface area contributed by atoms with Crippen molar-refractivity contribution >= 4 is 22.9 Å². The average Bonchev–Trinajstić information content (AvgIpc) is 2.58. The number of hydrogen-bond acceptors (Lipinski definition) is 8. The molecule has 3 rings (SSSR count). The van der Waals surface area contributed by atoms with Gasteiger partial charge in [0.15, 0.2) is 22.6 Å². The summed E-state index contributed by atoms with van der Waals surface area (Å²) in [4.78, 5) is 31.5. The predicted molar refractivity (Wildman–Crippen MR) is 87.5 cm³/mol. The van der Waals surface area contributed by atoms with E-state index in [1.165, 1.54) is 12.5 Å². The Hall–Kier alpha value is -3.62. The van der Waals surface area contributed by atoms with Crippen molar-refractivity contribution < 1.29 is 24.2 Å². The number of phenols is 2. The number of aromatic nitrogens is 2. The molecular weight excluding hydrogens is 330 g/mol. The van der Waals surface area contributed by atoms with Gasteiger partial charge >= 0.3 is 6.09 Å². The van der Waals surface area contributed by atoms with Gasteiger partial charge in [-0.2, -0.15) is 0 Å². The molecule has 0 saturated carbocycles. The highest BCUT2D eigenvalue weighted by atomic mass is 16.5. The van der Waals surface area contributed by atoms with Crippen LogP contribution in [0.3, 0.4) is 0 Å². The molecule has 0 aliphatic carbocycles. The van der Waals surface area contributed by atoms with Crippen LogP contribution < -0.4 is 10.7 Å². The maximum atomic E-state index is 12.2. The minimum atomic E-state index is -0.764. The number of carbonyl (C=O) groups excluding carboxylic acids is 1. The lowest BCUT2D eigenvalue weighted by molar-refractivity contribution is 0.168. The molecule has 1 amide bonds. The molecule has 0 spiro atoms. The Morgan fingerprint density at radius 2 is 2.04 bits per heavy atom. The maximum Gasteiger partial charge on any atom is 0.411 e. The second-order valence-corrected chi connectivity index (χ2v) is 4.94. The lowest BCUT2D eigenvalue weighted by Crippen LogP contribution is -2.14. The number of phenolic OH excluding ortho intramolecular Hbond substituents is 2. The van der Waals surface area contributed by atoms with E-state index >= 15 is 0 Å². The fourth-order valence-electron chi connectivity index (χ4n) is 2.21. The summed E-state index contributed by atoms with van der Waals surface area (Å²) < 4.78 is 10.4. The minimum Gasteiger partial charge on any atom is -0.504 e. The van der Waals surface area contributed by atoms with Crippen molar-refractivity contribution in [2.45, 2.75) is 6.92 Å². The van der Waals surface area contributed by atoms with Crippen molar-refractivity contribution in [2.75, 3.05) is 11.9 Å². The van der Waals surface area contributed by atoms with Crippen molar-refractivity contribution in [2.24, 2.45) is 0 Å². The summed E-state index contributed by atoms with van der Waals surface area (Å²) in [6.07, 6.45) is 1.78. The highest BCUT2D eigenvalue weighted by molar-refractivity contribution is 5.92. The Morgan fingerprint density at radius 3 is 2.80 bits per heavy atom. The number of carbonyl (C=O) groups is 1. The molecule has 3 aromatic rings. The fourth-order valence-corrected chi connectivity index (χ4v) is 2.21. The average molecular weight is 343 g/mol.